The van der Waals surface area contributed by atoms with Gasteiger partial charge in [-0.15, -0.1) is 0 Å². The maximum Gasteiger partial charge on any atom is 0.416 e. The van der Waals surface area contributed by atoms with E-state index in [9.17, 15) is 13.2 Å². The van der Waals surface area contributed by atoms with E-state index in [1.807, 2.05) is 0 Å². The highest BCUT2D eigenvalue weighted by Crippen LogP contribution is 2.34. The van der Waals surface area contributed by atoms with Crippen LogP contribution in [-0.2, 0) is 10.9 Å². The first kappa shape index (κ1) is 12.9. The van der Waals surface area contributed by atoms with Crippen molar-refractivity contribution >= 4 is 15.9 Å². The molecule has 2 atom stereocenters. The number of rotatable bonds is 2. The molecular weight excluding hydrogens is 297 g/mol. The maximum absolute atomic E-state index is 12.6. The number of hydrogen-bond donors (Lipinski definition) is 0. The third kappa shape index (κ3) is 3.01. The molecule has 0 aliphatic carbocycles. The Balaban J connectivity index is 2.17. The van der Waals surface area contributed by atoms with Crippen LogP contribution in [0, 0.1) is 0 Å². The molecule has 1 heterocycles. The first-order chi connectivity index (χ1) is 8.00. The van der Waals surface area contributed by atoms with Crippen LogP contribution >= 0.6 is 15.9 Å². The lowest BCUT2D eigenvalue weighted by Gasteiger charge is -2.12. The lowest BCUT2D eigenvalue weighted by atomic mass is 9.95. The molecule has 1 nitrogen and oxygen atoms in total. The Kier molecular flexibility index (Phi) is 3.78. The summed E-state index contributed by atoms with van der Waals surface area (Å²) in [7, 11) is 0. The van der Waals surface area contributed by atoms with Crippen LogP contribution in [-0.4, -0.2) is 18.0 Å². The summed E-state index contributed by atoms with van der Waals surface area (Å²) in [5, 5.41) is 0.725. The van der Waals surface area contributed by atoms with E-state index in [0.717, 1.165) is 17.8 Å². The van der Waals surface area contributed by atoms with E-state index in [2.05, 4.69) is 15.9 Å². The van der Waals surface area contributed by atoms with E-state index in [-0.39, 0.29) is 12.0 Å². The van der Waals surface area contributed by atoms with Gasteiger partial charge in [0, 0.05) is 11.2 Å². The van der Waals surface area contributed by atoms with Crippen molar-refractivity contribution in [3.8, 4) is 0 Å². The Morgan fingerprint density at radius 2 is 2.12 bits per heavy atom. The molecule has 17 heavy (non-hydrogen) atoms. The Morgan fingerprint density at radius 1 is 1.35 bits per heavy atom. The second-order valence-corrected chi connectivity index (χ2v) is 4.81. The van der Waals surface area contributed by atoms with Crippen molar-refractivity contribution in [3.05, 3.63) is 35.4 Å². The van der Waals surface area contributed by atoms with Gasteiger partial charge in [0.15, 0.2) is 0 Å². The molecule has 0 saturated carbocycles. The predicted molar refractivity (Wildman–Crippen MR) is 62.3 cm³/mol. The first-order valence-electron chi connectivity index (χ1n) is 5.35. The topological polar surface area (TPSA) is 9.23 Å². The minimum absolute atomic E-state index is 0.0693. The molecule has 1 saturated heterocycles. The molecule has 0 N–H and O–H groups in total. The maximum atomic E-state index is 12.6. The lowest BCUT2D eigenvalue weighted by Crippen LogP contribution is -2.07. The molecule has 2 rings (SSSR count). The van der Waals surface area contributed by atoms with Crippen molar-refractivity contribution in [1.29, 1.82) is 0 Å². The lowest BCUT2D eigenvalue weighted by molar-refractivity contribution is -0.137. The normalized spacial score (nSPS) is 25.2. The van der Waals surface area contributed by atoms with Crippen LogP contribution in [0.25, 0.3) is 0 Å². The highest BCUT2D eigenvalue weighted by molar-refractivity contribution is 9.09. The standard InChI is InChI=1S/C12H12BrF3O/c13-6-11-5-9(7-17-11)8-2-1-3-10(4-8)12(14,15)16/h1-4,9,11H,5-7H2. The largest absolute Gasteiger partial charge is 0.416 e. The van der Waals surface area contributed by atoms with Crippen molar-refractivity contribution in [2.24, 2.45) is 0 Å². The van der Waals surface area contributed by atoms with Crippen LogP contribution in [0.1, 0.15) is 23.5 Å². The zero-order valence-corrected chi connectivity index (χ0v) is 10.6. The number of hydrogen-bond acceptors (Lipinski definition) is 1. The van der Waals surface area contributed by atoms with Gasteiger partial charge < -0.3 is 4.74 Å². The Morgan fingerprint density at radius 3 is 2.71 bits per heavy atom. The van der Waals surface area contributed by atoms with E-state index in [1.54, 1.807) is 6.07 Å². The molecule has 94 valence electrons. The summed E-state index contributed by atoms with van der Waals surface area (Å²) in [5.74, 6) is 0.0693. The van der Waals surface area contributed by atoms with Crippen LogP contribution in [0.2, 0.25) is 0 Å². The third-order valence-corrected chi connectivity index (χ3v) is 3.66. The zero-order chi connectivity index (χ0) is 12.5. The summed E-state index contributed by atoms with van der Waals surface area (Å²) < 4.78 is 43.1. The van der Waals surface area contributed by atoms with Gasteiger partial charge in [-0.25, -0.2) is 0 Å². The summed E-state index contributed by atoms with van der Waals surface area (Å²) >= 11 is 3.32. The number of ether oxygens (including phenoxy) is 1. The molecule has 0 aromatic heterocycles. The van der Waals surface area contributed by atoms with Crippen LogP contribution in [0.3, 0.4) is 0 Å². The Labute approximate surface area is 106 Å². The van der Waals surface area contributed by atoms with Crippen LogP contribution in [0.15, 0.2) is 24.3 Å². The highest BCUT2D eigenvalue weighted by Gasteiger charge is 2.32. The average Bonchev–Trinajstić information content (AvgIpc) is 2.76. The smallest absolute Gasteiger partial charge is 0.377 e. The molecule has 2 unspecified atom stereocenters. The van der Waals surface area contributed by atoms with E-state index in [0.29, 0.717) is 12.2 Å². The van der Waals surface area contributed by atoms with Crippen molar-refractivity contribution < 1.29 is 17.9 Å². The quantitative estimate of drug-likeness (QED) is 0.751. The first-order valence-corrected chi connectivity index (χ1v) is 6.47. The van der Waals surface area contributed by atoms with E-state index >= 15 is 0 Å². The fourth-order valence-electron chi connectivity index (χ4n) is 2.01. The molecule has 5 heteroatoms. The molecule has 1 fully saturated rings. The summed E-state index contributed by atoms with van der Waals surface area (Å²) in [6.07, 6.45) is -3.40. The third-order valence-electron chi connectivity index (χ3n) is 2.94. The van der Waals surface area contributed by atoms with Crippen molar-refractivity contribution in [2.45, 2.75) is 24.6 Å². The van der Waals surface area contributed by atoms with Gasteiger partial charge in [0.2, 0.25) is 0 Å². The van der Waals surface area contributed by atoms with Crippen LogP contribution in [0.5, 0.6) is 0 Å². The van der Waals surface area contributed by atoms with Gasteiger partial charge in [0.25, 0.3) is 0 Å². The average molecular weight is 309 g/mol. The van der Waals surface area contributed by atoms with Crippen molar-refractivity contribution in [3.63, 3.8) is 0 Å². The van der Waals surface area contributed by atoms with Gasteiger partial charge >= 0.3 is 6.18 Å². The van der Waals surface area contributed by atoms with Crippen LogP contribution in [0.4, 0.5) is 13.2 Å². The Hall–Kier alpha value is -0.550. The van der Waals surface area contributed by atoms with E-state index < -0.39 is 11.7 Å². The SMILES string of the molecule is FC(F)(F)c1cccc(C2COC(CBr)C2)c1. The van der Waals surface area contributed by atoms with Crippen molar-refractivity contribution in [1.82, 2.24) is 0 Å². The predicted octanol–water partition coefficient (Wildman–Crippen LogP) is 3.97. The zero-order valence-electron chi connectivity index (χ0n) is 9.01. The fraction of sp³-hybridized carbons (Fsp3) is 0.500. The molecule has 1 aromatic rings. The van der Waals surface area contributed by atoms with E-state index in [4.69, 9.17) is 4.74 Å². The molecule has 0 amide bonds. The van der Waals surface area contributed by atoms with Gasteiger partial charge in [-0.3, -0.25) is 0 Å². The molecule has 1 aliphatic heterocycles. The summed E-state index contributed by atoms with van der Waals surface area (Å²) in [5.41, 5.74) is 0.126. The number of halogens is 4. The number of alkyl halides is 4. The summed E-state index contributed by atoms with van der Waals surface area (Å²) in [6, 6.07) is 5.52. The van der Waals surface area contributed by atoms with Crippen molar-refractivity contribution in [2.75, 3.05) is 11.9 Å². The molecule has 0 radical (unpaired) electrons. The van der Waals surface area contributed by atoms with Crippen LogP contribution < -0.4 is 0 Å². The minimum Gasteiger partial charge on any atom is -0.377 e. The second kappa shape index (κ2) is 4.98. The fourth-order valence-corrected chi connectivity index (χ4v) is 2.47. The minimum atomic E-state index is -4.27. The molecule has 1 aromatic carbocycles. The van der Waals surface area contributed by atoms with Gasteiger partial charge in [-0.1, -0.05) is 34.1 Å². The number of benzene rings is 1. The Bertz CT molecular complexity index is 392. The van der Waals surface area contributed by atoms with Gasteiger partial charge in [0.1, 0.15) is 0 Å². The molecule has 1 aliphatic rings. The second-order valence-electron chi connectivity index (χ2n) is 4.17. The van der Waals surface area contributed by atoms with Gasteiger partial charge in [0.05, 0.1) is 18.3 Å². The molecule has 0 bridgehead atoms. The summed E-state index contributed by atoms with van der Waals surface area (Å²) in [6.45, 7) is 0.498. The van der Waals surface area contributed by atoms with Gasteiger partial charge in [-0.2, -0.15) is 13.2 Å². The highest BCUT2D eigenvalue weighted by atomic mass is 79.9. The summed E-state index contributed by atoms with van der Waals surface area (Å²) in [4.78, 5) is 0. The monoisotopic (exact) mass is 308 g/mol. The molecule has 0 spiro atoms. The van der Waals surface area contributed by atoms with E-state index in [1.165, 1.54) is 12.1 Å². The van der Waals surface area contributed by atoms with Gasteiger partial charge in [-0.05, 0) is 18.1 Å². The molecular formula is C12H12BrF3O.